The van der Waals surface area contributed by atoms with Crippen LogP contribution in [0.1, 0.15) is 55.8 Å². The van der Waals surface area contributed by atoms with Gasteiger partial charge in [-0.15, -0.1) is 0 Å². The molecular weight excluding hydrogens is 568 g/mol. The van der Waals surface area contributed by atoms with E-state index in [1.807, 2.05) is 36.2 Å². The van der Waals surface area contributed by atoms with Crippen molar-refractivity contribution in [3.8, 4) is 11.3 Å². The highest BCUT2D eigenvalue weighted by Gasteiger charge is 2.39. The summed E-state index contributed by atoms with van der Waals surface area (Å²) in [6, 6.07) is 12.8. The van der Waals surface area contributed by atoms with E-state index in [2.05, 4.69) is 15.6 Å². The molecule has 3 aromatic carbocycles. The number of piperidine rings is 1. The summed E-state index contributed by atoms with van der Waals surface area (Å²) in [4.78, 5) is 56.0. The molecule has 0 radical (unpaired) electrons. The van der Waals surface area contributed by atoms with Crippen LogP contribution in [0.2, 0.25) is 0 Å². The highest BCUT2D eigenvalue weighted by atomic mass is 19.1. The summed E-state index contributed by atoms with van der Waals surface area (Å²) in [5.41, 5.74) is 6.01. The zero-order valence-electron chi connectivity index (χ0n) is 23.9. The van der Waals surface area contributed by atoms with Gasteiger partial charge in [0.1, 0.15) is 17.7 Å². The number of fused-ring (bicyclic) bond motifs is 1. The number of nitrogens with one attached hydrogen (secondary N) is 3. The maximum Gasteiger partial charge on any atom is 0.255 e. The van der Waals surface area contributed by atoms with Crippen LogP contribution in [0.5, 0.6) is 0 Å². The summed E-state index contributed by atoms with van der Waals surface area (Å²) in [7, 11) is 1.88. The molecule has 224 valence electrons. The lowest BCUT2D eigenvalue weighted by molar-refractivity contribution is -0.136. The Morgan fingerprint density at radius 3 is 2.52 bits per heavy atom. The Hall–Kier alpha value is -4.90. The summed E-state index contributed by atoms with van der Waals surface area (Å²) in [5.74, 6) is -2.51. The molecule has 4 amide bonds. The maximum atomic E-state index is 15.2. The fraction of sp³-hybridized carbons (Fsp3) is 0.273. The Balaban J connectivity index is 1.06. The van der Waals surface area contributed by atoms with E-state index in [1.165, 1.54) is 23.1 Å². The quantitative estimate of drug-likeness (QED) is 0.293. The number of hydrogen-bond donors (Lipinski definition) is 3. The normalized spacial score (nSPS) is 18.1. The molecule has 1 atom stereocenters. The van der Waals surface area contributed by atoms with Crippen molar-refractivity contribution in [1.29, 1.82) is 0 Å². The van der Waals surface area contributed by atoms with E-state index in [1.54, 1.807) is 6.07 Å². The van der Waals surface area contributed by atoms with Gasteiger partial charge in [0.2, 0.25) is 11.8 Å². The Morgan fingerprint density at radius 2 is 1.75 bits per heavy atom. The van der Waals surface area contributed by atoms with Crippen LogP contribution in [-0.2, 0) is 35.6 Å². The summed E-state index contributed by atoms with van der Waals surface area (Å²) in [6.07, 6.45) is 1.02. The van der Waals surface area contributed by atoms with Crippen molar-refractivity contribution >= 4 is 34.5 Å². The predicted molar refractivity (Wildman–Crippen MR) is 157 cm³/mol. The third-order valence-corrected chi connectivity index (χ3v) is 8.70. The van der Waals surface area contributed by atoms with Gasteiger partial charge in [0, 0.05) is 60.3 Å². The SMILES string of the molecule is CN(Cc1ccc(-c2[nH]c3cc(F)cc4c3c2CCNC4=O)cc1)Cc1cc2c(cc1F)C(=O)N(C1CCC(=O)NC1=O)C2. The molecule has 4 aromatic rings. The van der Waals surface area contributed by atoms with Crippen LogP contribution in [0.4, 0.5) is 8.78 Å². The van der Waals surface area contributed by atoms with Gasteiger partial charge in [-0.25, -0.2) is 8.78 Å². The largest absolute Gasteiger partial charge is 0.354 e. The minimum absolute atomic E-state index is 0.157. The molecule has 44 heavy (non-hydrogen) atoms. The minimum atomic E-state index is -0.750. The highest BCUT2D eigenvalue weighted by molar-refractivity contribution is 6.10. The average Bonchev–Trinajstić information content (AvgIpc) is 3.44. The first-order valence-corrected chi connectivity index (χ1v) is 14.5. The number of aromatic nitrogens is 1. The molecule has 0 saturated carbocycles. The lowest BCUT2D eigenvalue weighted by atomic mass is 9.99. The summed E-state index contributed by atoms with van der Waals surface area (Å²) in [6.45, 7) is 1.48. The van der Waals surface area contributed by atoms with Gasteiger partial charge in [-0.05, 0) is 66.4 Å². The lowest BCUT2D eigenvalue weighted by Gasteiger charge is -2.29. The van der Waals surface area contributed by atoms with E-state index in [0.29, 0.717) is 48.3 Å². The van der Waals surface area contributed by atoms with Crippen molar-refractivity contribution in [3.05, 3.63) is 93.5 Å². The number of H-pyrrole nitrogens is 1. The number of hydrogen-bond acceptors (Lipinski definition) is 5. The van der Waals surface area contributed by atoms with E-state index in [-0.39, 0.29) is 36.8 Å². The Kier molecular flexibility index (Phi) is 6.77. The molecule has 11 heteroatoms. The summed E-state index contributed by atoms with van der Waals surface area (Å²) in [5, 5.41) is 5.86. The molecule has 3 aliphatic heterocycles. The van der Waals surface area contributed by atoms with E-state index in [0.717, 1.165) is 27.8 Å². The fourth-order valence-electron chi connectivity index (χ4n) is 6.63. The molecule has 0 spiro atoms. The molecule has 9 nitrogen and oxygen atoms in total. The topological polar surface area (TPSA) is 115 Å². The Labute approximate surface area is 251 Å². The second-order valence-corrected chi connectivity index (χ2v) is 11.7. The van der Waals surface area contributed by atoms with Crippen LogP contribution in [0.15, 0.2) is 48.5 Å². The minimum Gasteiger partial charge on any atom is -0.354 e. The first-order valence-electron chi connectivity index (χ1n) is 14.5. The summed E-state index contributed by atoms with van der Waals surface area (Å²) < 4.78 is 29.4. The molecule has 1 aromatic heterocycles. The van der Waals surface area contributed by atoms with Gasteiger partial charge in [-0.1, -0.05) is 24.3 Å². The van der Waals surface area contributed by atoms with Gasteiger partial charge >= 0.3 is 0 Å². The van der Waals surface area contributed by atoms with E-state index < -0.39 is 29.5 Å². The second-order valence-electron chi connectivity index (χ2n) is 11.7. The molecule has 0 aliphatic carbocycles. The third kappa shape index (κ3) is 4.83. The van der Waals surface area contributed by atoms with Crippen LogP contribution in [0, 0.1) is 11.6 Å². The van der Waals surface area contributed by atoms with Crippen LogP contribution >= 0.6 is 0 Å². The average molecular weight is 598 g/mol. The Morgan fingerprint density at radius 1 is 0.955 bits per heavy atom. The highest BCUT2D eigenvalue weighted by Crippen LogP contribution is 2.35. The number of aromatic amines is 1. The molecule has 4 heterocycles. The fourth-order valence-corrected chi connectivity index (χ4v) is 6.63. The first-order chi connectivity index (χ1) is 21.2. The van der Waals surface area contributed by atoms with Gasteiger partial charge < -0.3 is 15.2 Å². The third-order valence-electron chi connectivity index (χ3n) is 8.70. The number of benzene rings is 3. The van der Waals surface area contributed by atoms with Gasteiger partial charge in [-0.2, -0.15) is 0 Å². The number of carbonyl (C=O) groups excluding carboxylic acids is 4. The van der Waals surface area contributed by atoms with Crippen LogP contribution in [0.3, 0.4) is 0 Å². The molecule has 3 aliphatic rings. The number of rotatable bonds is 6. The maximum absolute atomic E-state index is 15.2. The molecular formula is C33H29F2N5O4. The second kappa shape index (κ2) is 10.7. The zero-order chi connectivity index (χ0) is 30.7. The Bertz CT molecular complexity index is 1880. The van der Waals surface area contributed by atoms with Gasteiger partial charge in [-0.3, -0.25) is 29.4 Å². The molecule has 1 fully saturated rings. The van der Waals surface area contributed by atoms with Gasteiger partial charge in [0.15, 0.2) is 0 Å². The van der Waals surface area contributed by atoms with Crippen molar-refractivity contribution in [2.75, 3.05) is 13.6 Å². The van der Waals surface area contributed by atoms with Crippen molar-refractivity contribution in [3.63, 3.8) is 0 Å². The van der Waals surface area contributed by atoms with Crippen LogP contribution < -0.4 is 10.6 Å². The lowest BCUT2D eigenvalue weighted by Crippen LogP contribution is -2.52. The number of nitrogens with zero attached hydrogens (tertiary/aromatic N) is 2. The van der Waals surface area contributed by atoms with E-state index in [9.17, 15) is 23.6 Å². The number of halogens is 2. The zero-order valence-corrected chi connectivity index (χ0v) is 23.9. The van der Waals surface area contributed by atoms with Crippen molar-refractivity contribution in [1.82, 2.24) is 25.4 Å². The standard InChI is InChI=1S/C33H29F2N5O4/c1-39(15-20-10-19-16-40(33(44)23(19)13-25(20)35)27-6-7-28(41)38-32(27)43)14-17-2-4-18(5-3-17)30-22-8-9-36-31(42)24-11-21(34)12-26(37-30)29(22)24/h2-5,10-13,27,37H,6-9,14-16H2,1H3,(H,36,42)(H,38,41,43). The number of amides is 4. The molecule has 1 unspecified atom stereocenters. The van der Waals surface area contributed by atoms with Crippen LogP contribution in [0.25, 0.3) is 22.2 Å². The van der Waals surface area contributed by atoms with Crippen molar-refractivity contribution in [2.45, 2.75) is 44.9 Å². The number of carbonyl (C=O) groups is 4. The molecule has 0 bridgehead atoms. The summed E-state index contributed by atoms with van der Waals surface area (Å²) >= 11 is 0. The molecule has 3 N–H and O–H groups in total. The number of imide groups is 1. The predicted octanol–water partition coefficient (Wildman–Crippen LogP) is 3.79. The van der Waals surface area contributed by atoms with Crippen molar-refractivity contribution in [2.24, 2.45) is 0 Å². The monoisotopic (exact) mass is 597 g/mol. The van der Waals surface area contributed by atoms with Gasteiger partial charge in [0.05, 0.1) is 5.56 Å². The first kappa shape index (κ1) is 27.9. The van der Waals surface area contributed by atoms with Gasteiger partial charge in [0.25, 0.3) is 11.8 Å². The molecule has 7 rings (SSSR count). The van der Waals surface area contributed by atoms with E-state index >= 15 is 4.39 Å². The smallest absolute Gasteiger partial charge is 0.255 e. The van der Waals surface area contributed by atoms with Crippen LogP contribution in [-0.4, -0.2) is 58.0 Å². The molecule has 1 saturated heterocycles. The van der Waals surface area contributed by atoms with E-state index in [4.69, 9.17) is 0 Å². The van der Waals surface area contributed by atoms with Crippen molar-refractivity contribution < 1.29 is 28.0 Å².